The smallest absolute Gasteiger partial charge is 0.0509 e. The molecule has 4 N–H and O–H groups in total. The molecule has 0 aliphatic carbocycles. The van der Waals surface area contributed by atoms with Gasteiger partial charge in [0.15, 0.2) is 0 Å². The molecule has 0 saturated heterocycles. The molecule has 0 aromatic heterocycles. The van der Waals surface area contributed by atoms with Crippen molar-refractivity contribution >= 4 is 46.6 Å². The van der Waals surface area contributed by atoms with Crippen molar-refractivity contribution in [2.45, 2.75) is 4.90 Å². The van der Waals surface area contributed by atoms with Crippen LogP contribution in [0.4, 0.5) is 17.1 Å². The highest BCUT2D eigenvalue weighted by Gasteiger charge is 2.06. The van der Waals surface area contributed by atoms with E-state index >= 15 is 0 Å². The molecular formula is C14H14ClN3S. The van der Waals surface area contributed by atoms with E-state index in [9.17, 15) is 0 Å². The molecule has 0 heterocycles. The minimum Gasteiger partial charge on any atom is -0.398 e. The maximum Gasteiger partial charge on any atom is 0.0509 e. The summed E-state index contributed by atoms with van der Waals surface area (Å²) in [6, 6.07) is 11.4. The fourth-order valence-corrected chi connectivity index (χ4v) is 2.37. The van der Waals surface area contributed by atoms with Gasteiger partial charge in [0.2, 0.25) is 0 Å². The SMILES string of the molecule is CSc1ccc(Nc2cc(Cl)cc(N)c2C=N)cc1. The third kappa shape index (κ3) is 3.22. The van der Waals surface area contributed by atoms with Crippen LogP contribution in [0.5, 0.6) is 0 Å². The Balaban J connectivity index is 2.34. The summed E-state index contributed by atoms with van der Waals surface area (Å²) in [7, 11) is 0. The van der Waals surface area contributed by atoms with E-state index in [0.717, 1.165) is 11.4 Å². The lowest BCUT2D eigenvalue weighted by Gasteiger charge is -2.12. The first-order chi connectivity index (χ1) is 9.13. The Bertz CT molecular complexity index is 596. The molecule has 0 saturated carbocycles. The molecule has 0 atom stereocenters. The van der Waals surface area contributed by atoms with E-state index in [2.05, 4.69) is 5.32 Å². The predicted molar refractivity (Wildman–Crippen MR) is 85.3 cm³/mol. The van der Waals surface area contributed by atoms with Crippen LogP contribution in [0.1, 0.15) is 5.56 Å². The minimum atomic E-state index is 0.491. The molecule has 19 heavy (non-hydrogen) atoms. The predicted octanol–water partition coefficient (Wildman–Crippen LogP) is 4.39. The summed E-state index contributed by atoms with van der Waals surface area (Å²) in [5.41, 5.74) is 8.65. The standard InChI is InChI=1S/C14H14ClN3S/c1-19-11-4-2-10(3-5-11)18-14-7-9(15)6-13(17)12(14)8-16/h2-8,16,18H,17H2,1H3. The number of rotatable bonds is 4. The molecule has 0 bridgehead atoms. The maximum atomic E-state index is 7.43. The van der Waals surface area contributed by atoms with Crippen LogP contribution >= 0.6 is 23.4 Å². The number of thioether (sulfide) groups is 1. The minimum absolute atomic E-state index is 0.491. The molecule has 0 fully saturated rings. The van der Waals surface area contributed by atoms with E-state index in [0.29, 0.717) is 16.3 Å². The number of halogens is 1. The molecule has 2 rings (SSSR count). The second kappa shape index (κ2) is 5.99. The monoisotopic (exact) mass is 291 g/mol. The zero-order chi connectivity index (χ0) is 13.8. The summed E-state index contributed by atoms with van der Waals surface area (Å²) >= 11 is 7.69. The molecule has 0 aliphatic rings. The second-order valence-corrected chi connectivity index (χ2v) is 5.27. The first kappa shape index (κ1) is 13.8. The summed E-state index contributed by atoms with van der Waals surface area (Å²) in [5, 5.41) is 11.2. The van der Waals surface area contributed by atoms with Gasteiger partial charge in [0.1, 0.15) is 0 Å². The largest absolute Gasteiger partial charge is 0.398 e. The van der Waals surface area contributed by atoms with E-state index in [4.69, 9.17) is 22.7 Å². The third-order valence-corrected chi connectivity index (χ3v) is 3.65. The summed E-state index contributed by atoms with van der Waals surface area (Å²) < 4.78 is 0. The Kier molecular flexibility index (Phi) is 4.35. The highest BCUT2D eigenvalue weighted by molar-refractivity contribution is 7.98. The lowest BCUT2D eigenvalue weighted by atomic mass is 10.1. The average Bonchev–Trinajstić information content (AvgIpc) is 2.39. The van der Waals surface area contributed by atoms with Crippen molar-refractivity contribution in [1.82, 2.24) is 0 Å². The highest BCUT2D eigenvalue weighted by atomic mass is 35.5. The quantitative estimate of drug-likeness (QED) is 0.445. The molecule has 0 spiro atoms. The topological polar surface area (TPSA) is 61.9 Å². The van der Waals surface area contributed by atoms with Gasteiger partial charge in [0, 0.05) is 33.1 Å². The van der Waals surface area contributed by atoms with Gasteiger partial charge in [0.25, 0.3) is 0 Å². The Hall–Kier alpha value is -1.65. The number of anilines is 3. The van der Waals surface area contributed by atoms with Crippen LogP contribution < -0.4 is 11.1 Å². The number of benzene rings is 2. The first-order valence-electron chi connectivity index (χ1n) is 5.64. The van der Waals surface area contributed by atoms with Crippen molar-refractivity contribution in [2.75, 3.05) is 17.3 Å². The zero-order valence-electron chi connectivity index (χ0n) is 10.4. The molecule has 3 nitrogen and oxygen atoms in total. The van der Waals surface area contributed by atoms with Crippen LogP contribution in [0.15, 0.2) is 41.3 Å². The molecule has 2 aromatic carbocycles. The van der Waals surface area contributed by atoms with E-state index in [1.165, 1.54) is 11.1 Å². The number of nitrogen functional groups attached to an aromatic ring is 1. The second-order valence-electron chi connectivity index (χ2n) is 3.95. The van der Waals surface area contributed by atoms with Crippen molar-refractivity contribution in [3.8, 4) is 0 Å². The summed E-state index contributed by atoms with van der Waals surface area (Å²) in [5.74, 6) is 0. The Morgan fingerprint density at radius 3 is 2.53 bits per heavy atom. The van der Waals surface area contributed by atoms with Crippen LogP contribution in [-0.4, -0.2) is 12.5 Å². The lowest BCUT2D eigenvalue weighted by Crippen LogP contribution is -2.00. The van der Waals surface area contributed by atoms with Gasteiger partial charge >= 0.3 is 0 Å². The third-order valence-electron chi connectivity index (χ3n) is 2.69. The zero-order valence-corrected chi connectivity index (χ0v) is 12.0. The van der Waals surface area contributed by atoms with Gasteiger partial charge in [-0.1, -0.05) is 11.6 Å². The van der Waals surface area contributed by atoms with Gasteiger partial charge in [-0.05, 0) is 42.7 Å². The fraction of sp³-hybridized carbons (Fsp3) is 0.0714. The molecule has 0 radical (unpaired) electrons. The fourth-order valence-electron chi connectivity index (χ4n) is 1.73. The van der Waals surface area contributed by atoms with Crippen molar-refractivity contribution < 1.29 is 0 Å². The Labute approximate surface area is 121 Å². The first-order valence-corrected chi connectivity index (χ1v) is 7.25. The van der Waals surface area contributed by atoms with Crippen LogP contribution in [0.2, 0.25) is 5.02 Å². The summed E-state index contributed by atoms with van der Waals surface area (Å²) in [4.78, 5) is 1.20. The molecule has 0 aliphatic heterocycles. The van der Waals surface area contributed by atoms with E-state index in [1.54, 1.807) is 23.9 Å². The number of hydrogen-bond donors (Lipinski definition) is 3. The van der Waals surface area contributed by atoms with Crippen molar-refractivity contribution in [3.05, 3.63) is 47.0 Å². The normalized spacial score (nSPS) is 10.2. The summed E-state index contributed by atoms with van der Waals surface area (Å²) in [6.45, 7) is 0. The van der Waals surface area contributed by atoms with Gasteiger partial charge in [-0.15, -0.1) is 11.8 Å². The lowest BCUT2D eigenvalue weighted by molar-refractivity contribution is 1.44. The molecule has 5 heteroatoms. The Morgan fingerprint density at radius 1 is 1.26 bits per heavy atom. The van der Waals surface area contributed by atoms with Crippen molar-refractivity contribution in [3.63, 3.8) is 0 Å². The molecule has 0 amide bonds. The van der Waals surface area contributed by atoms with E-state index in [-0.39, 0.29) is 0 Å². The van der Waals surface area contributed by atoms with Crippen LogP contribution in [-0.2, 0) is 0 Å². The van der Waals surface area contributed by atoms with E-state index < -0.39 is 0 Å². The van der Waals surface area contributed by atoms with E-state index in [1.807, 2.05) is 30.5 Å². The molecule has 0 unspecified atom stereocenters. The van der Waals surface area contributed by atoms with Gasteiger partial charge in [0.05, 0.1) is 5.69 Å². The molecule has 2 aromatic rings. The van der Waals surface area contributed by atoms with Gasteiger partial charge in [-0.25, -0.2) is 0 Å². The van der Waals surface area contributed by atoms with Gasteiger partial charge in [-0.3, -0.25) is 0 Å². The average molecular weight is 292 g/mol. The van der Waals surface area contributed by atoms with Crippen LogP contribution in [0.3, 0.4) is 0 Å². The number of nitrogens with one attached hydrogen (secondary N) is 2. The number of hydrogen-bond acceptors (Lipinski definition) is 4. The van der Waals surface area contributed by atoms with Gasteiger partial charge < -0.3 is 16.5 Å². The molecule has 98 valence electrons. The van der Waals surface area contributed by atoms with Crippen molar-refractivity contribution in [1.29, 1.82) is 5.41 Å². The van der Waals surface area contributed by atoms with Crippen LogP contribution in [0.25, 0.3) is 0 Å². The maximum absolute atomic E-state index is 7.43. The number of nitrogens with two attached hydrogens (primary N) is 1. The highest BCUT2D eigenvalue weighted by Crippen LogP contribution is 2.29. The molecular weight excluding hydrogens is 278 g/mol. The van der Waals surface area contributed by atoms with Crippen molar-refractivity contribution in [2.24, 2.45) is 0 Å². The summed E-state index contributed by atoms with van der Waals surface area (Å²) in [6.07, 6.45) is 3.26. The van der Waals surface area contributed by atoms with Gasteiger partial charge in [-0.2, -0.15) is 0 Å². The van der Waals surface area contributed by atoms with Crippen LogP contribution in [0, 0.1) is 5.41 Å². The Morgan fingerprint density at radius 2 is 1.95 bits per heavy atom.